The summed E-state index contributed by atoms with van der Waals surface area (Å²) >= 11 is 0. The van der Waals surface area contributed by atoms with Crippen LogP contribution in [0.15, 0.2) is 54.6 Å². The van der Waals surface area contributed by atoms with E-state index in [4.69, 9.17) is 4.74 Å². The smallest absolute Gasteiger partial charge is 0.251 e. The third-order valence-corrected chi connectivity index (χ3v) is 4.50. The monoisotopic (exact) mass is 367 g/mol. The van der Waals surface area contributed by atoms with Crippen LogP contribution in [0.1, 0.15) is 28.9 Å². The molecule has 142 valence electrons. The molecule has 1 saturated heterocycles. The number of anilines is 1. The van der Waals surface area contributed by atoms with Gasteiger partial charge in [-0.05, 0) is 23.8 Å². The van der Waals surface area contributed by atoms with Crippen LogP contribution in [0, 0.1) is 0 Å². The van der Waals surface area contributed by atoms with E-state index in [-0.39, 0.29) is 17.9 Å². The molecule has 3 rings (SSSR count). The van der Waals surface area contributed by atoms with Gasteiger partial charge >= 0.3 is 0 Å². The van der Waals surface area contributed by atoms with E-state index in [1.54, 1.807) is 24.3 Å². The Morgan fingerprint density at radius 3 is 2.52 bits per heavy atom. The molecule has 0 saturated carbocycles. The van der Waals surface area contributed by atoms with Gasteiger partial charge in [0.05, 0.1) is 19.3 Å². The van der Waals surface area contributed by atoms with Crippen molar-refractivity contribution in [3.63, 3.8) is 0 Å². The van der Waals surface area contributed by atoms with Gasteiger partial charge in [0.15, 0.2) is 0 Å². The molecule has 1 aliphatic rings. The zero-order chi connectivity index (χ0) is 19.1. The van der Waals surface area contributed by atoms with Crippen LogP contribution in [0.25, 0.3) is 0 Å². The first kappa shape index (κ1) is 19.1. The first-order valence-corrected chi connectivity index (χ1v) is 9.15. The van der Waals surface area contributed by atoms with Crippen LogP contribution in [0.3, 0.4) is 0 Å². The van der Waals surface area contributed by atoms with E-state index < -0.39 is 0 Å². The minimum Gasteiger partial charge on any atom is -0.379 e. The number of nitrogens with one attached hydrogen (secondary N) is 2. The van der Waals surface area contributed by atoms with Crippen molar-refractivity contribution in [2.24, 2.45) is 0 Å². The highest BCUT2D eigenvalue weighted by molar-refractivity contribution is 5.97. The molecule has 6 nitrogen and oxygen atoms in total. The molecule has 6 heteroatoms. The zero-order valence-corrected chi connectivity index (χ0v) is 15.5. The summed E-state index contributed by atoms with van der Waals surface area (Å²) in [6, 6.07) is 16.8. The normalized spacial score (nSPS) is 15.7. The van der Waals surface area contributed by atoms with E-state index in [0.717, 1.165) is 25.2 Å². The average Bonchev–Trinajstić information content (AvgIpc) is 2.68. The SMILES string of the molecule is CC(=O)Nc1cccc(C(=O)NC(CN2CCOCC2)c2ccccc2)c1. The fraction of sp³-hybridized carbons (Fsp3) is 0.333. The lowest BCUT2D eigenvalue weighted by atomic mass is 10.0. The fourth-order valence-electron chi connectivity index (χ4n) is 3.14. The highest BCUT2D eigenvalue weighted by Gasteiger charge is 2.20. The van der Waals surface area contributed by atoms with Crippen molar-refractivity contribution in [2.45, 2.75) is 13.0 Å². The van der Waals surface area contributed by atoms with Gasteiger partial charge in [-0.15, -0.1) is 0 Å². The number of nitrogens with zero attached hydrogens (tertiary/aromatic N) is 1. The van der Waals surface area contributed by atoms with Gasteiger partial charge in [-0.2, -0.15) is 0 Å². The van der Waals surface area contributed by atoms with E-state index in [1.165, 1.54) is 6.92 Å². The van der Waals surface area contributed by atoms with Crippen molar-refractivity contribution >= 4 is 17.5 Å². The summed E-state index contributed by atoms with van der Waals surface area (Å²) in [4.78, 5) is 26.4. The van der Waals surface area contributed by atoms with E-state index in [0.29, 0.717) is 24.5 Å². The van der Waals surface area contributed by atoms with Gasteiger partial charge in [0.25, 0.3) is 5.91 Å². The number of rotatable bonds is 6. The van der Waals surface area contributed by atoms with Crippen LogP contribution in [-0.2, 0) is 9.53 Å². The lowest BCUT2D eigenvalue weighted by Gasteiger charge is -2.31. The maximum atomic E-state index is 12.8. The molecule has 0 aromatic heterocycles. The van der Waals surface area contributed by atoms with Crippen LogP contribution in [-0.4, -0.2) is 49.6 Å². The van der Waals surface area contributed by atoms with Crippen LogP contribution < -0.4 is 10.6 Å². The molecule has 1 atom stereocenters. The quantitative estimate of drug-likeness (QED) is 0.823. The van der Waals surface area contributed by atoms with E-state index >= 15 is 0 Å². The van der Waals surface area contributed by atoms with Gasteiger partial charge in [-0.25, -0.2) is 0 Å². The topological polar surface area (TPSA) is 70.7 Å². The van der Waals surface area contributed by atoms with Crippen molar-refractivity contribution in [3.8, 4) is 0 Å². The fourth-order valence-corrected chi connectivity index (χ4v) is 3.14. The molecule has 1 heterocycles. The molecule has 2 N–H and O–H groups in total. The number of amides is 2. The molecule has 2 aromatic rings. The standard InChI is InChI=1S/C21H25N3O3/c1-16(25)22-19-9-5-8-18(14-19)21(26)23-20(17-6-3-2-4-7-17)15-24-10-12-27-13-11-24/h2-9,14,20H,10-13,15H2,1H3,(H,22,25)(H,23,26). The van der Waals surface area contributed by atoms with Gasteiger partial charge in [0.1, 0.15) is 0 Å². The van der Waals surface area contributed by atoms with Crippen molar-refractivity contribution < 1.29 is 14.3 Å². The Morgan fingerprint density at radius 2 is 1.81 bits per heavy atom. The highest BCUT2D eigenvalue weighted by atomic mass is 16.5. The summed E-state index contributed by atoms with van der Waals surface area (Å²) in [6.45, 7) is 5.32. The number of hydrogen-bond acceptors (Lipinski definition) is 4. The molecule has 0 bridgehead atoms. The Labute approximate surface area is 159 Å². The molecule has 1 fully saturated rings. The summed E-state index contributed by atoms with van der Waals surface area (Å²) in [7, 11) is 0. The molecule has 0 aliphatic carbocycles. The third-order valence-electron chi connectivity index (χ3n) is 4.50. The van der Waals surface area contributed by atoms with Crippen molar-refractivity contribution in [2.75, 3.05) is 38.2 Å². The minimum absolute atomic E-state index is 0.124. The Kier molecular flexibility index (Phi) is 6.57. The average molecular weight is 367 g/mol. The number of morpholine rings is 1. The highest BCUT2D eigenvalue weighted by Crippen LogP contribution is 2.17. The van der Waals surface area contributed by atoms with Crippen LogP contribution in [0.2, 0.25) is 0 Å². The first-order valence-electron chi connectivity index (χ1n) is 9.15. The Hall–Kier alpha value is -2.70. The minimum atomic E-state index is -0.165. The Bertz CT molecular complexity index is 773. The lowest BCUT2D eigenvalue weighted by molar-refractivity contribution is -0.114. The summed E-state index contributed by atoms with van der Waals surface area (Å²) in [5.74, 6) is -0.327. The zero-order valence-electron chi connectivity index (χ0n) is 15.5. The van der Waals surface area contributed by atoms with Gasteiger partial charge in [0, 0.05) is 37.8 Å². The molecule has 27 heavy (non-hydrogen) atoms. The molecule has 1 aliphatic heterocycles. The molecule has 2 amide bonds. The van der Waals surface area contributed by atoms with E-state index in [2.05, 4.69) is 15.5 Å². The third kappa shape index (κ3) is 5.64. The largest absolute Gasteiger partial charge is 0.379 e. The maximum Gasteiger partial charge on any atom is 0.251 e. The van der Waals surface area contributed by atoms with Crippen molar-refractivity contribution in [1.82, 2.24) is 10.2 Å². The van der Waals surface area contributed by atoms with Crippen LogP contribution in [0.5, 0.6) is 0 Å². The Morgan fingerprint density at radius 1 is 1.07 bits per heavy atom. The first-order chi connectivity index (χ1) is 13.1. The summed E-state index contributed by atoms with van der Waals surface area (Å²) in [5.41, 5.74) is 2.19. The molecule has 0 spiro atoms. The summed E-state index contributed by atoms with van der Waals surface area (Å²) < 4.78 is 5.42. The lowest BCUT2D eigenvalue weighted by Crippen LogP contribution is -2.43. The number of carbonyl (C=O) groups is 2. The van der Waals surface area contributed by atoms with Gasteiger partial charge in [-0.3, -0.25) is 14.5 Å². The second-order valence-electron chi connectivity index (χ2n) is 6.61. The molecule has 0 radical (unpaired) electrons. The summed E-state index contributed by atoms with van der Waals surface area (Å²) in [6.07, 6.45) is 0. The second kappa shape index (κ2) is 9.30. The maximum absolute atomic E-state index is 12.8. The van der Waals surface area contributed by atoms with Gasteiger partial charge in [0.2, 0.25) is 5.91 Å². The predicted molar refractivity (Wildman–Crippen MR) is 105 cm³/mol. The Balaban J connectivity index is 1.74. The molecule has 1 unspecified atom stereocenters. The molecular weight excluding hydrogens is 342 g/mol. The summed E-state index contributed by atoms with van der Waals surface area (Å²) in [5, 5.41) is 5.85. The van der Waals surface area contributed by atoms with Crippen LogP contribution >= 0.6 is 0 Å². The number of benzene rings is 2. The van der Waals surface area contributed by atoms with Crippen molar-refractivity contribution in [1.29, 1.82) is 0 Å². The van der Waals surface area contributed by atoms with Crippen molar-refractivity contribution in [3.05, 3.63) is 65.7 Å². The number of ether oxygens (including phenoxy) is 1. The number of carbonyl (C=O) groups excluding carboxylic acids is 2. The molecule has 2 aromatic carbocycles. The predicted octanol–water partition coefficient (Wildman–Crippen LogP) is 2.45. The van der Waals surface area contributed by atoms with Crippen LogP contribution in [0.4, 0.5) is 5.69 Å². The number of hydrogen-bond donors (Lipinski definition) is 2. The second-order valence-corrected chi connectivity index (χ2v) is 6.61. The molecular formula is C21H25N3O3. The van der Waals surface area contributed by atoms with E-state index in [9.17, 15) is 9.59 Å². The van der Waals surface area contributed by atoms with Gasteiger partial charge < -0.3 is 15.4 Å². The van der Waals surface area contributed by atoms with Gasteiger partial charge in [-0.1, -0.05) is 36.4 Å². The van der Waals surface area contributed by atoms with E-state index in [1.807, 2.05) is 30.3 Å².